The minimum atomic E-state index is -0.0300. The summed E-state index contributed by atoms with van der Waals surface area (Å²) in [6.45, 7) is 1.36. The van der Waals surface area contributed by atoms with Gasteiger partial charge in [-0.25, -0.2) is 0 Å². The van der Waals surface area contributed by atoms with Crippen LogP contribution < -0.4 is 11.1 Å². The molecule has 1 aliphatic heterocycles. The van der Waals surface area contributed by atoms with Gasteiger partial charge in [0.05, 0.1) is 11.4 Å². The molecular weight excluding hydrogens is 362 g/mol. The van der Waals surface area contributed by atoms with Crippen LogP contribution in [0.15, 0.2) is 60.7 Å². The third-order valence-corrected chi connectivity index (χ3v) is 5.44. The second kappa shape index (κ2) is 8.35. The van der Waals surface area contributed by atoms with Crippen molar-refractivity contribution in [1.82, 2.24) is 4.90 Å². The maximum absolute atomic E-state index is 12.9. The van der Waals surface area contributed by atoms with Crippen LogP contribution in [0.5, 0.6) is 0 Å². The lowest BCUT2D eigenvalue weighted by atomic mass is 9.94. The number of benzene rings is 3. The SMILES string of the molecule is Nc1ccccc1NC(=O)CCCCCN1Cc2cccc3cccc(c23)C1=O. The van der Waals surface area contributed by atoms with Crippen molar-refractivity contribution in [3.63, 3.8) is 0 Å². The molecular formula is C24H25N3O2. The maximum atomic E-state index is 12.9. The number of amides is 2. The van der Waals surface area contributed by atoms with E-state index in [1.54, 1.807) is 12.1 Å². The van der Waals surface area contributed by atoms with E-state index in [9.17, 15) is 9.59 Å². The average molecular weight is 387 g/mol. The molecule has 3 aromatic rings. The molecule has 5 nitrogen and oxygen atoms in total. The summed E-state index contributed by atoms with van der Waals surface area (Å²) < 4.78 is 0. The Bertz CT molecular complexity index is 1060. The highest BCUT2D eigenvalue weighted by Gasteiger charge is 2.24. The Morgan fingerprint density at radius 2 is 1.76 bits per heavy atom. The molecule has 0 saturated heterocycles. The topological polar surface area (TPSA) is 75.4 Å². The number of anilines is 2. The highest BCUT2D eigenvalue weighted by Crippen LogP contribution is 2.30. The summed E-state index contributed by atoms with van der Waals surface area (Å²) in [4.78, 5) is 26.9. The van der Waals surface area contributed by atoms with Crippen LogP contribution in [0.2, 0.25) is 0 Å². The van der Waals surface area contributed by atoms with E-state index in [0.717, 1.165) is 35.6 Å². The van der Waals surface area contributed by atoms with Gasteiger partial charge < -0.3 is 16.0 Å². The van der Waals surface area contributed by atoms with Crippen LogP contribution >= 0.6 is 0 Å². The van der Waals surface area contributed by atoms with Gasteiger partial charge in [-0.3, -0.25) is 9.59 Å². The van der Waals surface area contributed by atoms with Crippen LogP contribution in [0.1, 0.15) is 41.6 Å². The molecule has 1 heterocycles. The number of nitrogens with one attached hydrogen (secondary N) is 1. The first-order chi connectivity index (χ1) is 14.1. The first kappa shape index (κ1) is 19.0. The van der Waals surface area contributed by atoms with E-state index in [1.165, 1.54) is 5.56 Å². The molecule has 3 N–H and O–H groups in total. The Balaban J connectivity index is 1.26. The van der Waals surface area contributed by atoms with Crippen LogP contribution in [0.4, 0.5) is 11.4 Å². The van der Waals surface area contributed by atoms with Gasteiger partial charge in [0.15, 0.2) is 0 Å². The fourth-order valence-electron chi connectivity index (χ4n) is 3.95. The van der Waals surface area contributed by atoms with Crippen molar-refractivity contribution in [2.75, 3.05) is 17.6 Å². The van der Waals surface area contributed by atoms with Gasteiger partial charge in [-0.2, -0.15) is 0 Å². The van der Waals surface area contributed by atoms with Crippen LogP contribution in [0, 0.1) is 0 Å². The first-order valence-electron chi connectivity index (χ1n) is 10.1. The van der Waals surface area contributed by atoms with Crippen molar-refractivity contribution < 1.29 is 9.59 Å². The zero-order valence-electron chi connectivity index (χ0n) is 16.4. The van der Waals surface area contributed by atoms with Crippen LogP contribution in [0.25, 0.3) is 10.8 Å². The largest absolute Gasteiger partial charge is 0.397 e. The monoisotopic (exact) mass is 387 g/mol. The Labute approximate surface area is 170 Å². The van der Waals surface area contributed by atoms with E-state index in [1.807, 2.05) is 35.2 Å². The summed E-state index contributed by atoms with van der Waals surface area (Å²) in [7, 11) is 0. The van der Waals surface area contributed by atoms with Crippen LogP contribution in [-0.4, -0.2) is 23.3 Å². The van der Waals surface area contributed by atoms with Crippen molar-refractivity contribution in [3.8, 4) is 0 Å². The summed E-state index contributed by atoms with van der Waals surface area (Å²) in [5.41, 5.74) is 9.08. The minimum Gasteiger partial charge on any atom is -0.397 e. The normalized spacial score (nSPS) is 13.0. The zero-order chi connectivity index (χ0) is 20.2. The minimum absolute atomic E-state index is 0.0300. The second-order valence-corrected chi connectivity index (χ2v) is 7.49. The Kier molecular flexibility index (Phi) is 5.47. The standard InChI is InChI=1S/C24H25N3O2/c25-20-12-3-4-13-21(20)26-22(28)14-2-1-5-15-27-16-18-10-6-8-17-9-7-11-19(23(17)18)24(27)29/h3-4,6-13H,1-2,5,14-16,25H2,(H,26,28). The molecule has 0 bridgehead atoms. The zero-order valence-corrected chi connectivity index (χ0v) is 16.4. The van der Waals surface area contributed by atoms with E-state index >= 15 is 0 Å². The molecule has 0 aromatic heterocycles. The van der Waals surface area contributed by atoms with Crippen LogP contribution in [0.3, 0.4) is 0 Å². The Hall–Kier alpha value is -3.34. The third kappa shape index (κ3) is 4.09. The lowest BCUT2D eigenvalue weighted by Crippen LogP contribution is -2.34. The smallest absolute Gasteiger partial charge is 0.254 e. The van der Waals surface area contributed by atoms with Crippen LogP contribution in [-0.2, 0) is 11.3 Å². The number of para-hydroxylation sites is 2. The van der Waals surface area contributed by atoms with E-state index in [0.29, 0.717) is 30.9 Å². The number of nitrogen functional groups attached to an aromatic ring is 1. The molecule has 1 aliphatic rings. The first-order valence-corrected chi connectivity index (χ1v) is 10.1. The summed E-state index contributed by atoms with van der Waals surface area (Å²) in [5, 5.41) is 5.07. The van der Waals surface area contributed by atoms with Gasteiger partial charge in [0.1, 0.15) is 0 Å². The fourth-order valence-corrected chi connectivity index (χ4v) is 3.95. The molecule has 0 unspecified atom stereocenters. The number of hydrogen-bond donors (Lipinski definition) is 2. The summed E-state index contributed by atoms with van der Waals surface area (Å²) in [6, 6.07) is 19.4. The van der Waals surface area contributed by atoms with Gasteiger partial charge in [0.2, 0.25) is 5.91 Å². The van der Waals surface area contributed by atoms with Crippen molar-refractivity contribution in [2.24, 2.45) is 0 Å². The predicted molar refractivity (Wildman–Crippen MR) is 117 cm³/mol. The van der Waals surface area contributed by atoms with Gasteiger partial charge in [-0.1, -0.05) is 48.9 Å². The highest BCUT2D eigenvalue weighted by atomic mass is 16.2. The quantitative estimate of drug-likeness (QED) is 0.460. The van der Waals surface area contributed by atoms with Gasteiger partial charge >= 0.3 is 0 Å². The fraction of sp³-hybridized carbons (Fsp3) is 0.250. The lowest BCUT2D eigenvalue weighted by molar-refractivity contribution is -0.116. The number of nitrogens with two attached hydrogens (primary N) is 1. The molecule has 148 valence electrons. The Morgan fingerprint density at radius 1 is 0.966 bits per heavy atom. The second-order valence-electron chi connectivity index (χ2n) is 7.49. The van der Waals surface area contributed by atoms with Crippen molar-refractivity contribution in [3.05, 3.63) is 71.8 Å². The molecule has 29 heavy (non-hydrogen) atoms. The molecule has 0 radical (unpaired) electrons. The van der Waals surface area contributed by atoms with Gasteiger partial charge in [0, 0.05) is 25.1 Å². The molecule has 5 heteroatoms. The summed E-state index contributed by atoms with van der Waals surface area (Å²) >= 11 is 0. The molecule has 0 spiro atoms. The maximum Gasteiger partial charge on any atom is 0.254 e. The van der Waals surface area contributed by atoms with Crippen molar-refractivity contribution in [1.29, 1.82) is 0 Å². The van der Waals surface area contributed by atoms with Gasteiger partial charge in [-0.05, 0) is 47.4 Å². The molecule has 0 atom stereocenters. The molecule has 0 aliphatic carbocycles. The molecule has 0 saturated carbocycles. The Morgan fingerprint density at radius 3 is 2.59 bits per heavy atom. The lowest BCUT2D eigenvalue weighted by Gasteiger charge is -2.29. The molecule has 3 aromatic carbocycles. The molecule has 4 rings (SSSR count). The molecule has 2 amide bonds. The van der Waals surface area contributed by atoms with Crippen molar-refractivity contribution >= 4 is 34.0 Å². The number of unbranched alkanes of at least 4 members (excludes halogenated alkanes) is 2. The predicted octanol–water partition coefficient (Wildman–Crippen LogP) is 4.58. The number of nitrogens with zero attached hydrogens (tertiary/aromatic N) is 1. The third-order valence-electron chi connectivity index (χ3n) is 5.44. The van der Waals surface area contributed by atoms with E-state index in [2.05, 4.69) is 23.5 Å². The van der Waals surface area contributed by atoms with Crippen molar-refractivity contribution in [2.45, 2.75) is 32.2 Å². The van der Waals surface area contributed by atoms with E-state index in [-0.39, 0.29) is 11.8 Å². The number of carbonyl (C=O) groups is 2. The number of rotatable bonds is 7. The van der Waals surface area contributed by atoms with Gasteiger partial charge in [0.25, 0.3) is 5.91 Å². The average Bonchev–Trinajstić information content (AvgIpc) is 2.73. The van der Waals surface area contributed by atoms with Gasteiger partial charge in [-0.15, -0.1) is 0 Å². The summed E-state index contributed by atoms with van der Waals surface area (Å²) in [5.74, 6) is 0.0733. The van der Waals surface area contributed by atoms with E-state index < -0.39 is 0 Å². The van der Waals surface area contributed by atoms with E-state index in [4.69, 9.17) is 5.73 Å². The highest BCUT2D eigenvalue weighted by molar-refractivity contribution is 6.10. The molecule has 0 fully saturated rings. The summed E-state index contributed by atoms with van der Waals surface area (Å²) in [6.07, 6.45) is 3.01. The number of carbonyl (C=O) groups excluding carboxylic acids is 2. The number of hydrogen-bond acceptors (Lipinski definition) is 3.